The molecule has 0 fully saturated rings. The van der Waals surface area contributed by atoms with Crippen molar-refractivity contribution >= 4 is 30.2 Å². The summed E-state index contributed by atoms with van der Waals surface area (Å²) < 4.78 is 39.0. The van der Waals surface area contributed by atoms with E-state index in [9.17, 15) is 13.9 Å². The topological polar surface area (TPSA) is 73.2 Å². The molecule has 2 unspecified atom stereocenters. The number of hydrogen-bond donors (Lipinski definition) is 1. The van der Waals surface area contributed by atoms with Crippen molar-refractivity contribution < 1.29 is 19.9 Å². The van der Waals surface area contributed by atoms with Crippen LogP contribution < -0.4 is 5.26 Å². The molecule has 0 amide bonds. The van der Waals surface area contributed by atoms with E-state index >= 15 is 0 Å². The first kappa shape index (κ1) is 5.98. The van der Waals surface area contributed by atoms with Gasteiger partial charge in [0.1, 0.15) is 0 Å². The molecule has 0 aliphatic rings. The Balaban J connectivity index is 4.12. The zero-order valence-electron chi connectivity index (χ0n) is 6.00. The minimum Gasteiger partial charge on any atom is -0.679 e. The monoisotopic (exact) mass is 189 g/mol. The summed E-state index contributed by atoms with van der Waals surface area (Å²) in [6, 6.07) is 0. The zero-order valence-corrected chi connectivity index (χ0v) is 6.79. The van der Waals surface area contributed by atoms with E-state index in [0.717, 1.165) is 0 Å². The first-order chi connectivity index (χ1) is 5.00. The third-order valence-electron chi connectivity index (χ3n) is 0.360. The van der Waals surface area contributed by atoms with Gasteiger partial charge in [0.15, 0.2) is 7.47 Å². The van der Waals surface area contributed by atoms with Crippen molar-refractivity contribution in [3.05, 3.63) is 0 Å². The van der Waals surface area contributed by atoms with E-state index in [2.05, 4.69) is 4.58 Å². The van der Waals surface area contributed by atoms with Crippen LogP contribution in [0, 0.1) is 5.41 Å². The quantitative estimate of drug-likeness (QED) is 0.226. The molecule has 0 saturated heterocycles. The van der Waals surface area contributed by atoms with Gasteiger partial charge in [-0.25, -0.2) is 4.20 Å². The third-order valence-corrected chi connectivity index (χ3v) is 5.40. The SMILES string of the molecule is [2H]P(C([3H])=N)P(F)[Si](=O)O[O-]. The van der Waals surface area contributed by atoms with E-state index in [4.69, 9.17) is 8.06 Å². The summed E-state index contributed by atoms with van der Waals surface area (Å²) in [6.45, 7) is 0. The summed E-state index contributed by atoms with van der Waals surface area (Å²) in [5, 5.41) is 15.9. The van der Waals surface area contributed by atoms with Crippen LogP contribution in [-0.2, 0) is 9.04 Å². The average molecular weight is 189 g/mol. The minimum absolute atomic E-state index is 0.941. The lowest BCUT2D eigenvalue weighted by molar-refractivity contribution is -0.642. The minimum atomic E-state index is -3.38. The maximum absolute atomic E-state index is 12.5. The van der Waals surface area contributed by atoms with Crippen LogP contribution in [0.1, 0.15) is 1.37 Å². The molecule has 0 aromatic carbocycles. The predicted molar refractivity (Wildman–Crippen MR) is 32.7 cm³/mol. The summed E-state index contributed by atoms with van der Waals surface area (Å²) in [7, 11) is -8.73. The highest BCUT2D eigenvalue weighted by Gasteiger charge is 2.19. The van der Waals surface area contributed by atoms with Crippen LogP contribution in [0.3, 0.4) is 0 Å². The van der Waals surface area contributed by atoms with Gasteiger partial charge in [-0.1, -0.05) is 0 Å². The predicted octanol–water partition coefficient (Wildman–Crippen LogP) is 0.261. The first-order valence-corrected chi connectivity index (χ1v) is 6.63. The zero-order chi connectivity index (χ0) is 9.02. The van der Waals surface area contributed by atoms with E-state index in [1.54, 1.807) is 0 Å². The van der Waals surface area contributed by atoms with Crippen molar-refractivity contribution in [3.8, 4) is 0 Å². The fourth-order valence-corrected chi connectivity index (χ4v) is 2.52. The van der Waals surface area contributed by atoms with Crippen LogP contribution in [0.2, 0.25) is 0 Å². The van der Waals surface area contributed by atoms with E-state index in [1.165, 1.54) is 0 Å². The van der Waals surface area contributed by atoms with Gasteiger partial charge in [-0.15, -0.1) is 0 Å². The largest absolute Gasteiger partial charge is 0.679 e. The molecule has 0 bridgehead atoms. The van der Waals surface area contributed by atoms with Gasteiger partial charge < -0.3 is 19.7 Å². The van der Waals surface area contributed by atoms with Crippen LogP contribution in [0.25, 0.3) is 0 Å². The molecule has 9 heavy (non-hydrogen) atoms. The van der Waals surface area contributed by atoms with Crippen LogP contribution in [0.4, 0.5) is 4.20 Å². The number of nitrogens with one attached hydrogen (secondary N) is 1. The summed E-state index contributed by atoms with van der Waals surface area (Å²) in [5.74, 6) is -0.941. The van der Waals surface area contributed by atoms with Crippen LogP contribution in [0.5, 0.6) is 0 Å². The highest BCUT2D eigenvalue weighted by atomic mass is 32.2. The number of hydrogen-bond acceptors (Lipinski definition) is 4. The molecule has 52 valence electrons. The molecular formula is CH3FNO3P2Si-. The molecule has 0 radical (unpaired) electrons. The van der Waals surface area contributed by atoms with Gasteiger partial charge in [0.25, 0.3) is 0 Å². The molecule has 0 saturated carbocycles. The second kappa shape index (κ2) is 5.06. The fourth-order valence-electron chi connectivity index (χ4n) is 0.115. The van der Waals surface area contributed by atoms with Crippen molar-refractivity contribution in [2.45, 2.75) is 0 Å². The van der Waals surface area contributed by atoms with Crippen molar-refractivity contribution in [2.24, 2.45) is 0 Å². The van der Waals surface area contributed by atoms with Crippen LogP contribution in [-0.4, -0.2) is 15.8 Å². The van der Waals surface area contributed by atoms with Gasteiger partial charge in [0.05, 0.1) is 2.65 Å². The summed E-state index contributed by atoms with van der Waals surface area (Å²) in [6.07, 6.45) is 0. The smallest absolute Gasteiger partial charge is 0.562 e. The van der Waals surface area contributed by atoms with E-state index in [0.29, 0.717) is 0 Å². The molecule has 0 aromatic heterocycles. The molecule has 0 aliphatic carbocycles. The molecular weight excluding hydrogens is 183 g/mol. The lowest BCUT2D eigenvalue weighted by Gasteiger charge is -2.05. The molecule has 1 N–H and O–H groups in total. The Bertz CT molecular complexity index is 183. The number of rotatable bonds is 4. The maximum atomic E-state index is 12.5. The second-order valence-electron chi connectivity index (χ2n) is 0.821. The van der Waals surface area contributed by atoms with Crippen molar-refractivity contribution in [1.82, 2.24) is 0 Å². The fraction of sp³-hybridized carbons (Fsp3) is 0. The van der Waals surface area contributed by atoms with Gasteiger partial charge in [0, 0.05) is 5.93 Å². The normalized spacial score (nSPS) is 18.9. The van der Waals surface area contributed by atoms with Gasteiger partial charge in [-0.2, -0.15) is 0 Å². The Labute approximate surface area is 57.7 Å². The van der Waals surface area contributed by atoms with Crippen molar-refractivity contribution in [3.63, 3.8) is 0 Å². The van der Waals surface area contributed by atoms with E-state index in [1.807, 2.05) is 0 Å². The second-order valence-corrected chi connectivity index (χ2v) is 7.52. The Morgan fingerprint density at radius 3 is 3.33 bits per heavy atom. The molecule has 0 aromatic rings. The standard InChI is InChI=1S/CH4FNO3P2Si/c2-8(7-1-3)9(5)6-4/h1,3-4,7H/p-1/i1T,7D. The van der Waals surface area contributed by atoms with Crippen molar-refractivity contribution in [1.29, 1.82) is 6.69 Å². The lowest BCUT2D eigenvalue weighted by Crippen LogP contribution is -2.12. The van der Waals surface area contributed by atoms with E-state index < -0.39 is 30.2 Å². The van der Waals surface area contributed by atoms with Crippen molar-refractivity contribution in [2.75, 3.05) is 0 Å². The third kappa shape index (κ3) is 3.76. The van der Waals surface area contributed by atoms with Crippen LogP contribution in [0.15, 0.2) is 0 Å². The Morgan fingerprint density at radius 2 is 3.00 bits per heavy atom. The summed E-state index contributed by atoms with van der Waals surface area (Å²) >= 11 is 0. The molecule has 0 aliphatic heterocycles. The maximum Gasteiger partial charge on any atom is 0.562 e. The van der Waals surface area contributed by atoms with Gasteiger partial charge in [-0.3, -0.25) is 0 Å². The summed E-state index contributed by atoms with van der Waals surface area (Å²) in [5.41, 5.74) is 0. The highest BCUT2D eigenvalue weighted by molar-refractivity contribution is 8.36. The molecule has 4 nitrogen and oxygen atoms in total. The molecule has 2 atom stereocenters. The molecule has 0 spiro atoms. The average Bonchev–Trinajstić information content (AvgIpc) is 2.00. The lowest BCUT2D eigenvalue weighted by atomic mass is 11.7. The molecule has 8 heteroatoms. The van der Waals surface area contributed by atoms with Gasteiger partial charge >= 0.3 is 8.59 Å². The highest BCUT2D eigenvalue weighted by Crippen LogP contribution is 2.54. The van der Waals surface area contributed by atoms with Crippen LogP contribution >= 0.6 is 15.7 Å². The number of halogens is 1. The van der Waals surface area contributed by atoms with Gasteiger partial charge in [0.2, 0.25) is 0 Å². The summed E-state index contributed by atoms with van der Waals surface area (Å²) in [4.78, 5) is 0. The molecule has 0 rings (SSSR count). The first-order valence-electron chi connectivity index (χ1n) is 2.59. The van der Waals surface area contributed by atoms with E-state index in [-0.39, 0.29) is 0 Å². The Hall–Kier alpha value is 0.237. The Morgan fingerprint density at radius 1 is 2.44 bits per heavy atom. The van der Waals surface area contributed by atoms with Gasteiger partial charge in [-0.05, 0) is 8.21 Å². The molecule has 0 heterocycles. The Kier molecular flexibility index (Phi) is 3.36.